The van der Waals surface area contributed by atoms with Crippen LogP contribution < -0.4 is 44.6 Å². The van der Waals surface area contributed by atoms with E-state index in [2.05, 4.69) is 20.9 Å². The number of aliphatic hydroxyl groups excluding tert-OH is 3. The zero-order valence-electron chi connectivity index (χ0n) is 23.7. The average molecular weight is 592 g/mol. The van der Waals surface area contributed by atoms with Gasteiger partial charge in [0.15, 0.2) is 5.96 Å². The highest BCUT2D eigenvalue weighted by atomic mass is 16.4. The van der Waals surface area contributed by atoms with Crippen molar-refractivity contribution in [3.8, 4) is 0 Å². The lowest BCUT2D eigenvalue weighted by molar-refractivity contribution is -0.143. The van der Waals surface area contributed by atoms with E-state index in [-0.39, 0.29) is 44.2 Å². The number of aliphatic imine (C=N–C) groups is 1. The van der Waals surface area contributed by atoms with Gasteiger partial charge in [-0.15, -0.1) is 0 Å². The molecule has 0 bridgehead atoms. The number of nitrogens with two attached hydrogens (primary N) is 5. The molecular weight excluding hydrogens is 542 g/mol. The summed E-state index contributed by atoms with van der Waals surface area (Å²) in [5.74, 6) is -4.59. The van der Waals surface area contributed by atoms with Crippen molar-refractivity contribution in [3.05, 3.63) is 0 Å². The van der Waals surface area contributed by atoms with Gasteiger partial charge in [0, 0.05) is 19.1 Å². The van der Waals surface area contributed by atoms with Crippen molar-refractivity contribution in [1.82, 2.24) is 16.0 Å². The lowest BCUT2D eigenvalue weighted by atomic mass is 9.97. The summed E-state index contributed by atoms with van der Waals surface area (Å²) in [6, 6.07) is -5.94. The molecule has 0 saturated heterocycles. The van der Waals surface area contributed by atoms with Crippen LogP contribution in [0.1, 0.15) is 52.4 Å². The quantitative estimate of drug-likeness (QED) is 0.0339. The van der Waals surface area contributed by atoms with Gasteiger partial charge in [-0.25, -0.2) is 4.79 Å². The molecule has 1 unspecified atom stereocenters. The summed E-state index contributed by atoms with van der Waals surface area (Å²) in [5, 5.41) is 46.3. The van der Waals surface area contributed by atoms with Gasteiger partial charge in [-0.05, 0) is 44.4 Å². The third-order valence-corrected chi connectivity index (χ3v) is 6.28. The van der Waals surface area contributed by atoms with Gasteiger partial charge in [-0.1, -0.05) is 13.8 Å². The normalized spacial score (nSPS) is 16.4. The maximum Gasteiger partial charge on any atom is 0.326 e. The van der Waals surface area contributed by atoms with Gasteiger partial charge < -0.3 is 65.0 Å². The van der Waals surface area contributed by atoms with Crippen LogP contribution in [0, 0.1) is 5.92 Å². The van der Waals surface area contributed by atoms with E-state index in [0.717, 1.165) is 0 Å². The van der Waals surface area contributed by atoms with Crippen LogP contribution in [0.3, 0.4) is 0 Å². The van der Waals surface area contributed by atoms with E-state index >= 15 is 0 Å². The number of hydrogen-bond donors (Lipinski definition) is 12. The van der Waals surface area contributed by atoms with Crippen molar-refractivity contribution in [2.24, 2.45) is 39.6 Å². The molecule has 0 aliphatic heterocycles. The Hall–Kier alpha value is -3.09. The summed E-state index contributed by atoms with van der Waals surface area (Å²) in [6.45, 7) is 2.78. The molecule has 0 aromatic heterocycles. The molecule has 17 heteroatoms. The molecule has 0 aliphatic rings. The number of carboxylic acid groups (broad SMARTS) is 1. The number of aliphatic hydroxyl groups is 3. The lowest BCUT2D eigenvalue weighted by Gasteiger charge is -2.29. The number of carbonyl (C=O) groups is 4. The SMILES string of the molecule is CC(C)[C@H](NC(=O)[C@@H](NC(=O)[C@@H](N)CO)[C@@H](O)CC[C@@H](N)CCCN=C(N)N)C(=O)N[C@@H](CCC(O)CN)C(=O)O. The van der Waals surface area contributed by atoms with Crippen LogP contribution in [0.15, 0.2) is 4.99 Å². The van der Waals surface area contributed by atoms with Crippen LogP contribution >= 0.6 is 0 Å². The zero-order valence-corrected chi connectivity index (χ0v) is 23.7. The van der Waals surface area contributed by atoms with Gasteiger partial charge in [0.1, 0.15) is 24.2 Å². The second-order valence-corrected chi connectivity index (χ2v) is 10.2. The van der Waals surface area contributed by atoms with E-state index < -0.39 is 72.6 Å². The highest BCUT2D eigenvalue weighted by molar-refractivity contribution is 5.94. The molecule has 17 N–H and O–H groups in total. The fourth-order valence-corrected chi connectivity index (χ4v) is 3.71. The first-order chi connectivity index (χ1) is 19.1. The lowest BCUT2D eigenvalue weighted by Crippen LogP contribution is -2.61. The molecule has 0 aliphatic carbocycles. The first-order valence-corrected chi connectivity index (χ1v) is 13.5. The van der Waals surface area contributed by atoms with Gasteiger partial charge in [-0.2, -0.15) is 0 Å². The number of hydrogen-bond acceptors (Lipinski definition) is 11. The van der Waals surface area contributed by atoms with Crippen molar-refractivity contribution >= 4 is 29.7 Å². The molecule has 0 radical (unpaired) electrons. The molecule has 0 rings (SSSR count). The molecule has 0 fully saturated rings. The monoisotopic (exact) mass is 591 g/mol. The fourth-order valence-electron chi connectivity index (χ4n) is 3.71. The number of aliphatic carboxylic acids is 1. The topological polar surface area (TPSA) is 328 Å². The van der Waals surface area contributed by atoms with E-state index in [1.54, 1.807) is 13.8 Å². The minimum absolute atomic E-state index is 0.0146. The summed E-state index contributed by atoms with van der Waals surface area (Å²) in [5.41, 5.74) is 27.5. The highest BCUT2D eigenvalue weighted by Crippen LogP contribution is 2.11. The Morgan fingerprint density at radius 2 is 1.41 bits per heavy atom. The number of carbonyl (C=O) groups excluding carboxylic acids is 3. The van der Waals surface area contributed by atoms with Crippen LogP contribution in [-0.2, 0) is 19.2 Å². The molecular formula is C24H49N9O8. The summed E-state index contributed by atoms with van der Waals surface area (Å²) in [4.78, 5) is 54.1. The summed E-state index contributed by atoms with van der Waals surface area (Å²) >= 11 is 0. The maximum atomic E-state index is 13.2. The maximum absolute atomic E-state index is 13.2. The third-order valence-electron chi connectivity index (χ3n) is 6.28. The molecule has 3 amide bonds. The average Bonchev–Trinajstić information content (AvgIpc) is 2.91. The second kappa shape index (κ2) is 19.9. The number of rotatable bonds is 21. The van der Waals surface area contributed by atoms with Crippen molar-refractivity contribution in [2.45, 2.75) is 94.8 Å². The van der Waals surface area contributed by atoms with Crippen LogP contribution in [0.4, 0.5) is 0 Å². The predicted molar refractivity (Wildman–Crippen MR) is 151 cm³/mol. The van der Waals surface area contributed by atoms with Crippen molar-refractivity contribution in [2.75, 3.05) is 19.7 Å². The molecule has 0 aromatic rings. The summed E-state index contributed by atoms with van der Waals surface area (Å²) < 4.78 is 0. The van der Waals surface area contributed by atoms with Crippen LogP contribution in [0.25, 0.3) is 0 Å². The Bertz CT molecular complexity index is 857. The van der Waals surface area contributed by atoms with E-state index in [1.807, 2.05) is 0 Å². The van der Waals surface area contributed by atoms with Crippen molar-refractivity contribution in [3.63, 3.8) is 0 Å². The molecule has 7 atom stereocenters. The van der Waals surface area contributed by atoms with Crippen LogP contribution in [0.2, 0.25) is 0 Å². The van der Waals surface area contributed by atoms with E-state index in [0.29, 0.717) is 19.4 Å². The first kappa shape index (κ1) is 37.9. The summed E-state index contributed by atoms with van der Waals surface area (Å²) in [6.07, 6.45) is -1.14. The van der Waals surface area contributed by atoms with Crippen LogP contribution in [-0.4, -0.2) is 112 Å². The Morgan fingerprint density at radius 3 is 1.93 bits per heavy atom. The van der Waals surface area contributed by atoms with Crippen molar-refractivity contribution < 1.29 is 39.6 Å². The molecule has 41 heavy (non-hydrogen) atoms. The van der Waals surface area contributed by atoms with Crippen LogP contribution in [0.5, 0.6) is 0 Å². The molecule has 17 nitrogen and oxygen atoms in total. The fraction of sp³-hybridized carbons (Fsp3) is 0.792. The zero-order chi connectivity index (χ0) is 31.7. The van der Waals surface area contributed by atoms with Gasteiger partial charge in [0.25, 0.3) is 0 Å². The van der Waals surface area contributed by atoms with E-state index in [4.69, 9.17) is 28.7 Å². The molecule has 0 spiro atoms. The smallest absolute Gasteiger partial charge is 0.326 e. The molecule has 0 saturated carbocycles. The Kier molecular flexibility index (Phi) is 18.4. The highest BCUT2D eigenvalue weighted by Gasteiger charge is 2.35. The molecule has 0 aromatic carbocycles. The minimum Gasteiger partial charge on any atom is -0.480 e. The van der Waals surface area contributed by atoms with Gasteiger partial charge in [-0.3, -0.25) is 19.4 Å². The van der Waals surface area contributed by atoms with Crippen molar-refractivity contribution in [1.29, 1.82) is 0 Å². The van der Waals surface area contributed by atoms with Gasteiger partial charge in [0.2, 0.25) is 17.7 Å². The van der Waals surface area contributed by atoms with E-state index in [1.165, 1.54) is 0 Å². The Morgan fingerprint density at radius 1 is 0.829 bits per heavy atom. The Labute approximate surface area is 239 Å². The van der Waals surface area contributed by atoms with Gasteiger partial charge >= 0.3 is 5.97 Å². The standard InChI is InChI=1S/C24H49N9O8/c1-12(2)18(21(38)31-16(23(40)41)7-6-14(35)10-25)32-22(39)19(33-20(37)15(27)11-34)17(36)8-5-13(26)4-3-9-30-24(28)29/h12-19,34-36H,3-11,25-27H2,1-2H3,(H,31,38)(H,32,39)(H,33,37)(H,40,41)(H4,28,29,30)/t13-,14?,15-,16-,17-,18-,19-/m0/s1. The van der Waals surface area contributed by atoms with Gasteiger partial charge in [0.05, 0.1) is 18.8 Å². The minimum atomic E-state index is -1.57. The number of carboxylic acids is 1. The molecule has 238 valence electrons. The summed E-state index contributed by atoms with van der Waals surface area (Å²) in [7, 11) is 0. The second-order valence-electron chi connectivity index (χ2n) is 10.2. The largest absolute Gasteiger partial charge is 0.480 e. The molecule has 0 heterocycles. The number of nitrogens with one attached hydrogen (secondary N) is 3. The predicted octanol–water partition coefficient (Wildman–Crippen LogP) is -4.88. The van der Waals surface area contributed by atoms with E-state index in [9.17, 15) is 39.6 Å². The first-order valence-electron chi connectivity index (χ1n) is 13.5. The third kappa shape index (κ3) is 15.5. The number of guanidine groups is 1. The number of nitrogens with zero attached hydrogens (tertiary/aromatic N) is 1. The number of amides is 3. The Balaban J connectivity index is 5.57.